The number of pyridine rings is 1. The zero-order valence-corrected chi connectivity index (χ0v) is 10.7. The van der Waals surface area contributed by atoms with Crippen molar-refractivity contribution in [1.29, 1.82) is 0 Å². The first-order chi connectivity index (χ1) is 8.07. The van der Waals surface area contributed by atoms with Crippen LogP contribution in [0, 0.1) is 0 Å². The van der Waals surface area contributed by atoms with E-state index in [0.717, 1.165) is 19.3 Å². The van der Waals surface area contributed by atoms with Gasteiger partial charge in [0.15, 0.2) is 5.03 Å². The van der Waals surface area contributed by atoms with E-state index in [-0.39, 0.29) is 16.8 Å². The molecule has 94 valence electrons. The zero-order valence-electron chi connectivity index (χ0n) is 9.83. The Bertz CT molecular complexity index is 497. The van der Waals surface area contributed by atoms with Gasteiger partial charge in [-0.1, -0.05) is 6.92 Å². The molecule has 17 heavy (non-hydrogen) atoms. The van der Waals surface area contributed by atoms with Crippen molar-refractivity contribution in [2.75, 3.05) is 12.3 Å². The number of aromatic nitrogens is 1. The van der Waals surface area contributed by atoms with Crippen LogP contribution in [0.1, 0.15) is 26.2 Å². The number of nitrogens with zero attached hydrogens (tertiary/aromatic N) is 2. The molecule has 2 rings (SSSR count). The van der Waals surface area contributed by atoms with E-state index < -0.39 is 10.0 Å². The molecule has 0 aromatic carbocycles. The first kappa shape index (κ1) is 12.3. The molecular formula is C11H17N3O2S. The number of nitrogen functional groups attached to an aromatic ring is 1. The Hall–Kier alpha value is -1.14. The summed E-state index contributed by atoms with van der Waals surface area (Å²) in [7, 11) is -3.53. The van der Waals surface area contributed by atoms with Crippen molar-refractivity contribution in [3.63, 3.8) is 0 Å². The minimum Gasteiger partial charge on any atom is -0.396 e. The average molecular weight is 255 g/mol. The molecule has 1 aliphatic carbocycles. The summed E-state index contributed by atoms with van der Waals surface area (Å²) in [6.45, 7) is 2.50. The molecule has 1 heterocycles. The van der Waals surface area contributed by atoms with Gasteiger partial charge in [0.05, 0.1) is 5.69 Å². The van der Waals surface area contributed by atoms with Gasteiger partial charge in [-0.15, -0.1) is 0 Å². The second kappa shape index (κ2) is 4.62. The number of rotatable bonds is 5. The standard InChI is InChI=1S/C11H17N3O2S/c1-2-8-14(9-5-6-9)17(15,16)11-10(12)4-3-7-13-11/h3-4,7,9H,2,5-6,8,12H2,1H3. The van der Waals surface area contributed by atoms with Crippen LogP contribution in [0.15, 0.2) is 23.4 Å². The van der Waals surface area contributed by atoms with E-state index in [9.17, 15) is 8.42 Å². The molecule has 1 saturated carbocycles. The topological polar surface area (TPSA) is 76.3 Å². The van der Waals surface area contributed by atoms with Gasteiger partial charge in [0.25, 0.3) is 10.0 Å². The maximum Gasteiger partial charge on any atom is 0.262 e. The summed E-state index contributed by atoms with van der Waals surface area (Å²) < 4.78 is 26.3. The van der Waals surface area contributed by atoms with Crippen LogP contribution in [0.5, 0.6) is 0 Å². The fourth-order valence-electron chi connectivity index (χ4n) is 1.81. The normalized spacial score (nSPS) is 16.4. The van der Waals surface area contributed by atoms with Gasteiger partial charge in [0.1, 0.15) is 0 Å². The Kier molecular flexibility index (Phi) is 3.35. The van der Waals surface area contributed by atoms with Crippen LogP contribution in [-0.2, 0) is 10.0 Å². The quantitative estimate of drug-likeness (QED) is 0.858. The maximum atomic E-state index is 12.4. The average Bonchev–Trinajstić information content (AvgIpc) is 3.10. The molecular weight excluding hydrogens is 238 g/mol. The Morgan fingerprint density at radius 1 is 1.53 bits per heavy atom. The van der Waals surface area contributed by atoms with Gasteiger partial charge < -0.3 is 5.73 Å². The van der Waals surface area contributed by atoms with Crippen LogP contribution in [0.4, 0.5) is 5.69 Å². The molecule has 1 fully saturated rings. The summed E-state index contributed by atoms with van der Waals surface area (Å²) in [5.41, 5.74) is 5.91. The number of hydrogen-bond donors (Lipinski definition) is 1. The highest BCUT2D eigenvalue weighted by atomic mass is 32.2. The van der Waals surface area contributed by atoms with Gasteiger partial charge in [-0.2, -0.15) is 4.31 Å². The molecule has 1 aromatic rings. The highest BCUT2D eigenvalue weighted by Crippen LogP contribution is 2.32. The highest BCUT2D eigenvalue weighted by molar-refractivity contribution is 7.89. The fourth-order valence-corrected chi connectivity index (χ4v) is 3.62. The molecule has 0 radical (unpaired) electrons. The van der Waals surface area contributed by atoms with E-state index in [1.165, 1.54) is 10.5 Å². The van der Waals surface area contributed by atoms with E-state index >= 15 is 0 Å². The van der Waals surface area contributed by atoms with Crippen LogP contribution >= 0.6 is 0 Å². The third-order valence-corrected chi connectivity index (χ3v) is 4.68. The molecule has 0 spiro atoms. The largest absolute Gasteiger partial charge is 0.396 e. The number of sulfonamides is 1. The maximum absolute atomic E-state index is 12.4. The Morgan fingerprint density at radius 3 is 2.76 bits per heavy atom. The molecule has 2 N–H and O–H groups in total. The van der Waals surface area contributed by atoms with Crippen molar-refractivity contribution < 1.29 is 8.42 Å². The molecule has 5 nitrogen and oxygen atoms in total. The molecule has 0 unspecified atom stereocenters. The van der Waals surface area contributed by atoms with E-state index in [1.54, 1.807) is 12.1 Å². The van der Waals surface area contributed by atoms with E-state index in [0.29, 0.717) is 6.54 Å². The van der Waals surface area contributed by atoms with Gasteiger partial charge in [0, 0.05) is 18.8 Å². The minimum atomic E-state index is -3.53. The predicted molar refractivity (Wildman–Crippen MR) is 65.9 cm³/mol. The smallest absolute Gasteiger partial charge is 0.262 e. The highest BCUT2D eigenvalue weighted by Gasteiger charge is 2.38. The minimum absolute atomic E-state index is 0.0136. The third kappa shape index (κ3) is 2.42. The lowest BCUT2D eigenvalue weighted by Crippen LogP contribution is -2.34. The molecule has 0 atom stereocenters. The van der Waals surface area contributed by atoms with Crippen molar-refractivity contribution in [2.45, 2.75) is 37.3 Å². The lowest BCUT2D eigenvalue weighted by molar-refractivity contribution is 0.401. The Balaban J connectivity index is 2.37. The third-order valence-electron chi connectivity index (χ3n) is 2.75. The van der Waals surface area contributed by atoms with Crippen LogP contribution in [-0.4, -0.2) is 30.3 Å². The second-order valence-corrected chi connectivity index (χ2v) is 6.05. The van der Waals surface area contributed by atoms with Crippen LogP contribution in [0.3, 0.4) is 0 Å². The molecule has 0 bridgehead atoms. The molecule has 1 aliphatic rings. The van der Waals surface area contributed by atoms with Crippen LogP contribution in [0.25, 0.3) is 0 Å². The van der Waals surface area contributed by atoms with E-state index in [2.05, 4.69) is 4.98 Å². The van der Waals surface area contributed by atoms with Gasteiger partial charge in [-0.3, -0.25) is 0 Å². The number of hydrogen-bond acceptors (Lipinski definition) is 4. The first-order valence-corrected chi connectivity index (χ1v) is 7.23. The summed E-state index contributed by atoms with van der Waals surface area (Å²) in [6.07, 6.45) is 4.13. The van der Waals surface area contributed by atoms with Crippen molar-refractivity contribution >= 4 is 15.7 Å². The van der Waals surface area contributed by atoms with Crippen LogP contribution in [0.2, 0.25) is 0 Å². The molecule has 0 amide bonds. The molecule has 0 saturated heterocycles. The van der Waals surface area contributed by atoms with E-state index in [4.69, 9.17) is 5.73 Å². The molecule has 1 aromatic heterocycles. The van der Waals surface area contributed by atoms with Crippen molar-refractivity contribution in [3.05, 3.63) is 18.3 Å². The van der Waals surface area contributed by atoms with Gasteiger partial charge in [-0.25, -0.2) is 13.4 Å². The molecule has 0 aliphatic heterocycles. The van der Waals surface area contributed by atoms with Gasteiger partial charge in [-0.05, 0) is 31.4 Å². The SMILES string of the molecule is CCCN(C1CC1)S(=O)(=O)c1ncccc1N. The van der Waals surface area contributed by atoms with Crippen molar-refractivity contribution in [3.8, 4) is 0 Å². The van der Waals surface area contributed by atoms with Crippen molar-refractivity contribution in [2.24, 2.45) is 0 Å². The van der Waals surface area contributed by atoms with Gasteiger partial charge in [0.2, 0.25) is 0 Å². The van der Waals surface area contributed by atoms with Crippen LogP contribution < -0.4 is 5.73 Å². The monoisotopic (exact) mass is 255 g/mol. The lowest BCUT2D eigenvalue weighted by Gasteiger charge is -2.21. The second-order valence-electron chi connectivity index (χ2n) is 4.24. The zero-order chi connectivity index (χ0) is 12.5. The Morgan fingerprint density at radius 2 is 2.24 bits per heavy atom. The summed E-state index contributed by atoms with van der Waals surface area (Å²) in [5, 5.41) is -0.0136. The predicted octanol–water partition coefficient (Wildman–Crippen LogP) is 1.23. The number of nitrogens with two attached hydrogens (primary N) is 1. The summed E-state index contributed by atoms with van der Waals surface area (Å²) in [5.74, 6) is 0. The fraction of sp³-hybridized carbons (Fsp3) is 0.545. The lowest BCUT2D eigenvalue weighted by atomic mass is 10.4. The summed E-state index contributed by atoms with van der Waals surface area (Å²) >= 11 is 0. The Labute approximate surface area is 102 Å². The van der Waals surface area contributed by atoms with Crippen molar-refractivity contribution in [1.82, 2.24) is 9.29 Å². The number of anilines is 1. The van der Waals surface area contributed by atoms with E-state index in [1.807, 2.05) is 6.92 Å². The van der Waals surface area contributed by atoms with Gasteiger partial charge >= 0.3 is 0 Å². The summed E-state index contributed by atoms with van der Waals surface area (Å²) in [4.78, 5) is 3.91. The first-order valence-electron chi connectivity index (χ1n) is 5.79. The molecule has 6 heteroatoms. The summed E-state index contributed by atoms with van der Waals surface area (Å²) in [6, 6.07) is 3.34.